The maximum absolute atomic E-state index is 14.4. The minimum Gasteiger partial charge on any atom is -0.464 e. The third-order valence-electron chi connectivity index (χ3n) is 4.61. The van der Waals surface area contributed by atoms with Gasteiger partial charge in [0.15, 0.2) is 15.5 Å². The van der Waals surface area contributed by atoms with Crippen molar-refractivity contribution in [2.45, 2.75) is 11.1 Å². The molecule has 0 saturated carbocycles. The van der Waals surface area contributed by atoms with Gasteiger partial charge in [0.05, 0.1) is 22.7 Å². The number of alkyl halides is 3. The quantitative estimate of drug-likeness (QED) is 0.332. The molecule has 0 radical (unpaired) electrons. The Morgan fingerprint density at radius 2 is 1.81 bits per heavy atom. The van der Waals surface area contributed by atoms with Gasteiger partial charge in [-0.05, 0) is 42.5 Å². The predicted octanol–water partition coefficient (Wildman–Crippen LogP) is 6.01. The third-order valence-corrected chi connectivity index (χ3v) is 6.05. The van der Waals surface area contributed by atoms with Crippen LogP contribution >= 0.6 is 11.6 Å². The van der Waals surface area contributed by atoms with Crippen molar-refractivity contribution < 1.29 is 30.4 Å². The highest BCUT2D eigenvalue weighted by atomic mass is 35.5. The lowest BCUT2D eigenvalue weighted by Gasteiger charge is -2.10. The van der Waals surface area contributed by atoms with Crippen LogP contribution in [0.2, 0.25) is 5.02 Å². The lowest BCUT2D eigenvalue weighted by Crippen LogP contribution is -2.08. The van der Waals surface area contributed by atoms with E-state index in [1.165, 1.54) is 24.5 Å². The molecule has 166 valence electrons. The Morgan fingerprint density at radius 3 is 2.38 bits per heavy atom. The summed E-state index contributed by atoms with van der Waals surface area (Å²) >= 11 is 6.32. The summed E-state index contributed by atoms with van der Waals surface area (Å²) in [6.07, 6.45) is -2.48. The van der Waals surface area contributed by atoms with Crippen molar-refractivity contribution in [3.05, 3.63) is 77.4 Å². The molecule has 11 heteroatoms. The van der Waals surface area contributed by atoms with Crippen molar-refractivity contribution in [3.8, 4) is 28.3 Å². The molecule has 0 atom stereocenters. The van der Waals surface area contributed by atoms with E-state index in [-0.39, 0.29) is 22.0 Å². The lowest BCUT2D eigenvalue weighted by atomic mass is 10.1. The normalized spacial score (nSPS) is 12.3. The molecule has 0 amide bonds. The molecule has 2 aromatic carbocycles. The summed E-state index contributed by atoms with van der Waals surface area (Å²) in [7, 11) is -3.86. The van der Waals surface area contributed by atoms with Crippen molar-refractivity contribution in [1.82, 2.24) is 9.78 Å². The van der Waals surface area contributed by atoms with E-state index >= 15 is 0 Å². The van der Waals surface area contributed by atoms with Gasteiger partial charge in [0.2, 0.25) is 0 Å². The number of benzene rings is 2. The van der Waals surface area contributed by atoms with E-state index in [4.69, 9.17) is 16.0 Å². The van der Waals surface area contributed by atoms with Crippen LogP contribution in [0, 0.1) is 5.82 Å². The molecule has 0 aliphatic rings. The van der Waals surface area contributed by atoms with Gasteiger partial charge in [-0.3, -0.25) is 0 Å². The second kappa shape index (κ2) is 7.79. The Kier molecular flexibility index (Phi) is 5.38. The standard InChI is InChI=1S/C21H13ClF4N2O3S/c1-32(29,30)19-7-5-13(10-16(19)23)28-17(11-20(27-28)21(24,25)26)12-4-6-14(15(22)9-12)18-3-2-8-31-18/h2-11H,1H3. The number of nitrogens with zero attached hydrogens (tertiary/aromatic N) is 2. The third kappa shape index (κ3) is 4.15. The summed E-state index contributed by atoms with van der Waals surface area (Å²) in [5.41, 5.74) is -0.498. The van der Waals surface area contributed by atoms with Crippen LogP contribution in [0.5, 0.6) is 0 Å². The second-order valence-corrected chi connectivity index (χ2v) is 9.27. The Balaban J connectivity index is 1.88. The smallest absolute Gasteiger partial charge is 0.435 e. The second-order valence-electron chi connectivity index (χ2n) is 6.88. The molecule has 0 N–H and O–H groups in total. The van der Waals surface area contributed by atoms with Gasteiger partial charge >= 0.3 is 6.18 Å². The van der Waals surface area contributed by atoms with Crippen LogP contribution in [-0.2, 0) is 16.0 Å². The topological polar surface area (TPSA) is 65.1 Å². The van der Waals surface area contributed by atoms with E-state index in [2.05, 4.69) is 5.10 Å². The summed E-state index contributed by atoms with van der Waals surface area (Å²) in [6, 6.07) is 11.7. The molecule has 2 heterocycles. The van der Waals surface area contributed by atoms with Crippen molar-refractivity contribution in [2.24, 2.45) is 0 Å². The fraction of sp³-hybridized carbons (Fsp3) is 0.0952. The van der Waals surface area contributed by atoms with Gasteiger partial charge in [0.1, 0.15) is 16.5 Å². The molecule has 0 spiro atoms. The van der Waals surface area contributed by atoms with Gasteiger partial charge in [-0.15, -0.1) is 0 Å². The van der Waals surface area contributed by atoms with Crippen molar-refractivity contribution in [1.29, 1.82) is 0 Å². The Morgan fingerprint density at radius 1 is 1.06 bits per heavy atom. The fourth-order valence-electron chi connectivity index (χ4n) is 3.15. The van der Waals surface area contributed by atoms with Gasteiger partial charge < -0.3 is 4.42 Å². The predicted molar refractivity (Wildman–Crippen MR) is 110 cm³/mol. The zero-order valence-corrected chi connectivity index (χ0v) is 17.8. The molecule has 4 aromatic rings. The average Bonchev–Trinajstić information content (AvgIpc) is 3.36. The molecular formula is C21H13ClF4N2O3S. The average molecular weight is 485 g/mol. The molecule has 4 rings (SSSR count). The van der Waals surface area contributed by atoms with Gasteiger partial charge in [-0.1, -0.05) is 17.7 Å². The van der Waals surface area contributed by atoms with Crippen molar-refractivity contribution >= 4 is 21.4 Å². The molecule has 32 heavy (non-hydrogen) atoms. The minimum atomic E-state index is -4.76. The number of halogens is 5. The first-order chi connectivity index (χ1) is 14.9. The molecule has 0 fully saturated rings. The summed E-state index contributed by atoms with van der Waals surface area (Å²) in [6.45, 7) is 0. The van der Waals surface area contributed by atoms with Gasteiger partial charge in [0.25, 0.3) is 0 Å². The Hall–Kier alpha value is -3.11. The summed E-state index contributed by atoms with van der Waals surface area (Å²) in [5.74, 6) is -0.629. The van der Waals surface area contributed by atoms with E-state index in [1.807, 2.05) is 0 Å². The van der Waals surface area contributed by atoms with Crippen molar-refractivity contribution in [2.75, 3.05) is 6.26 Å². The highest BCUT2D eigenvalue weighted by Gasteiger charge is 2.35. The van der Waals surface area contributed by atoms with E-state index in [0.717, 1.165) is 29.1 Å². The summed E-state index contributed by atoms with van der Waals surface area (Å²) < 4.78 is 84.0. The Labute approximate surface area is 184 Å². The number of rotatable bonds is 4. The highest BCUT2D eigenvalue weighted by Crippen LogP contribution is 2.36. The lowest BCUT2D eigenvalue weighted by molar-refractivity contribution is -0.141. The first-order valence-corrected chi connectivity index (χ1v) is 11.2. The summed E-state index contributed by atoms with van der Waals surface area (Å²) in [4.78, 5) is -0.572. The zero-order chi connectivity index (χ0) is 23.3. The van der Waals surface area contributed by atoms with E-state index in [9.17, 15) is 26.0 Å². The van der Waals surface area contributed by atoms with E-state index in [1.54, 1.807) is 18.2 Å². The summed E-state index contributed by atoms with van der Waals surface area (Å²) in [5, 5.41) is 3.80. The minimum absolute atomic E-state index is 0.0169. The maximum Gasteiger partial charge on any atom is 0.435 e. The number of sulfone groups is 1. The van der Waals surface area contributed by atoms with Crippen LogP contribution in [0.25, 0.3) is 28.3 Å². The van der Waals surface area contributed by atoms with Crippen LogP contribution < -0.4 is 0 Å². The monoisotopic (exact) mass is 484 g/mol. The number of furan rings is 1. The van der Waals surface area contributed by atoms with Crippen LogP contribution in [0.4, 0.5) is 17.6 Å². The first kappa shape index (κ1) is 22.1. The zero-order valence-electron chi connectivity index (χ0n) is 16.2. The number of aromatic nitrogens is 2. The molecule has 0 aliphatic heterocycles. The molecule has 2 aromatic heterocycles. The van der Waals surface area contributed by atoms with Crippen LogP contribution in [0.1, 0.15) is 5.69 Å². The molecule has 5 nitrogen and oxygen atoms in total. The molecule has 0 unspecified atom stereocenters. The Bertz CT molecular complexity index is 1410. The maximum atomic E-state index is 14.4. The SMILES string of the molecule is CS(=O)(=O)c1ccc(-n2nc(C(F)(F)F)cc2-c2ccc(-c3ccco3)c(Cl)c2)cc1F. The van der Waals surface area contributed by atoms with Gasteiger partial charge in [-0.25, -0.2) is 17.5 Å². The number of hydrogen-bond donors (Lipinski definition) is 0. The molecule has 0 saturated heterocycles. The number of hydrogen-bond acceptors (Lipinski definition) is 4. The molecule has 0 aliphatic carbocycles. The van der Waals surface area contributed by atoms with Crippen LogP contribution in [0.3, 0.4) is 0 Å². The molecular weight excluding hydrogens is 472 g/mol. The van der Waals surface area contributed by atoms with E-state index < -0.39 is 32.4 Å². The largest absolute Gasteiger partial charge is 0.464 e. The molecule has 0 bridgehead atoms. The van der Waals surface area contributed by atoms with Crippen LogP contribution in [0.15, 0.2) is 70.2 Å². The highest BCUT2D eigenvalue weighted by molar-refractivity contribution is 7.90. The first-order valence-electron chi connectivity index (χ1n) is 8.96. The van der Waals surface area contributed by atoms with Gasteiger partial charge in [-0.2, -0.15) is 18.3 Å². The van der Waals surface area contributed by atoms with E-state index in [0.29, 0.717) is 11.3 Å². The fourth-order valence-corrected chi connectivity index (χ4v) is 4.15. The van der Waals surface area contributed by atoms with Crippen LogP contribution in [-0.4, -0.2) is 24.5 Å². The van der Waals surface area contributed by atoms with Gasteiger partial charge in [0, 0.05) is 23.4 Å². The van der Waals surface area contributed by atoms with Crippen molar-refractivity contribution in [3.63, 3.8) is 0 Å².